The van der Waals surface area contributed by atoms with Gasteiger partial charge in [-0.05, 0) is 25.7 Å². The molecule has 0 aliphatic carbocycles. The van der Waals surface area contributed by atoms with Crippen molar-refractivity contribution in [2.45, 2.75) is 205 Å². The molecule has 0 fully saturated rings. The molecule has 0 aliphatic heterocycles. The third-order valence-corrected chi connectivity index (χ3v) is 11.0. The van der Waals surface area contributed by atoms with Gasteiger partial charge in [0, 0.05) is 0 Å². The Morgan fingerprint density at radius 2 is 0.596 bits per heavy atom. The van der Waals surface area contributed by atoms with Crippen molar-refractivity contribution in [2.24, 2.45) is 0 Å². The zero-order chi connectivity index (χ0) is 42.5. The predicted molar refractivity (Wildman–Crippen MR) is 219 cm³/mol. The van der Waals surface area contributed by atoms with Gasteiger partial charge < -0.3 is 28.1 Å². The molecule has 0 saturated carbocycles. The fourth-order valence-electron chi connectivity index (χ4n) is 5.46. The Bertz CT molecular complexity index is 1130. The maximum absolute atomic E-state index is 11.9. The van der Waals surface area contributed by atoms with Gasteiger partial charge in [-0.1, -0.05) is 156 Å². The van der Waals surface area contributed by atoms with Crippen LogP contribution in [0.15, 0.2) is 0 Å². The van der Waals surface area contributed by atoms with Crippen molar-refractivity contribution in [2.75, 3.05) is 26.4 Å². The second-order valence-corrected chi connectivity index (χ2v) is 17.3. The zero-order valence-electron chi connectivity index (χ0n) is 35.6. The molecule has 0 heterocycles. The summed E-state index contributed by atoms with van der Waals surface area (Å²) in [5.41, 5.74) is 0. The van der Waals surface area contributed by atoms with Gasteiger partial charge >= 0.3 is 46.9 Å². The molecular weight excluding hydrogens is 793 g/mol. The van der Waals surface area contributed by atoms with Crippen LogP contribution in [0.1, 0.15) is 195 Å². The topological polar surface area (TPSA) is 220 Å². The van der Waals surface area contributed by atoms with Crippen molar-refractivity contribution < 1.29 is 64.1 Å². The maximum Gasteiger partial charge on any atom is 2.00 e. The van der Waals surface area contributed by atoms with Crippen LogP contribution in [0, 0.1) is 0 Å². The first-order valence-electron chi connectivity index (χ1n) is 21.2. The van der Waals surface area contributed by atoms with E-state index >= 15 is 0 Å². The van der Waals surface area contributed by atoms with Gasteiger partial charge in [-0.2, -0.15) is 0 Å². The molecule has 0 aromatic carbocycles. The van der Waals surface area contributed by atoms with Crippen molar-refractivity contribution in [3.63, 3.8) is 0 Å². The van der Waals surface area contributed by atoms with E-state index in [9.17, 15) is 45.1 Å². The van der Waals surface area contributed by atoms with Gasteiger partial charge in [0.2, 0.25) is 0 Å². The van der Waals surface area contributed by atoms with Gasteiger partial charge in [-0.3, -0.25) is 19.2 Å². The zero-order valence-corrected chi connectivity index (χ0v) is 38.7. The molecule has 0 radical (unpaired) electrons. The molecule has 0 N–H and O–H groups in total. The third-order valence-electron chi connectivity index (χ3n) is 8.93. The van der Waals surface area contributed by atoms with Crippen LogP contribution in [0.3, 0.4) is 0 Å². The molecule has 0 aliphatic rings. The van der Waals surface area contributed by atoms with Crippen LogP contribution in [0.4, 0.5) is 0 Å². The quantitative estimate of drug-likeness (QED) is 0.0193. The van der Waals surface area contributed by atoms with E-state index in [2.05, 4.69) is 27.7 Å². The number of hydrogen-bond acceptors (Lipinski definition) is 14. The second-order valence-electron chi connectivity index (χ2n) is 14.2. The summed E-state index contributed by atoms with van der Waals surface area (Å²) in [6.45, 7) is 8.88. The Kier molecular flexibility index (Phi) is 41.8. The number of carbonyl (C=O) groups is 4. The molecule has 14 nitrogen and oxygen atoms in total. The fraction of sp³-hybridized carbons (Fsp3) is 0.900. The number of hydrogen-bond donors (Lipinski definition) is 0. The number of carbonyl (C=O) groups excluding carboxylic acids is 4. The Morgan fingerprint density at radius 1 is 0.386 bits per heavy atom. The van der Waals surface area contributed by atoms with Crippen molar-refractivity contribution in [3.05, 3.63) is 0 Å². The van der Waals surface area contributed by atoms with Crippen LogP contribution in [-0.4, -0.2) is 110 Å². The molecule has 0 spiro atoms. The van der Waals surface area contributed by atoms with E-state index in [1.165, 1.54) is 12.8 Å². The molecular formula is C40H74MgO14S2. The second kappa shape index (κ2) is 39.9. The summed E-state index contributed by atoms with van der Waals surface area (Å²) >= 11 is 0. The minimum absolute atomic E-state index is 0. The van der Waals surface area contributed by atoms with E-state index in [-0.39, 0.29) is 49.5 Å². The molecule has 0 amide bonds. The van der Waals surface area contributed by atoms with Crippen LogP contribution in [0.25, 0.3) is 0 Å². The molecule has 57 heavy (non-hydrogen) atoms. The normalized spacial score (nSPS) is 12.3. The van der Waals surface area contributed by atoms with Crippen LogP contribution in [0.5, 0.6) is 0 Å². The van der Waals surface area contributed by atoms with Gasteiger partial charge in [0.1, 0.15) is 20.2 Å². The summed E-state index contributed by atoms with van der Waals surface area (Å²) in [7, 11) is -9.97. The van der Waals surface area contributed by atoms with E-state index in [1.807, 2.05) is 0 Å². The molecule has 0 saturated heterocycles. The molecule has 0 aromatic rings. The van der Waals surface area contributed by atoms with Crippen LogP contribution in [0.2, 0.25) is 0 Å². The molecule has 2 atom stereocenters. The third kappa shape index (κ3) is 38.4. The summed E-state index contributed by atoms with van der Waals surface area (Å²) < 4.78 is 87.7. The Morgan fingerprint density at radius 3 is 0.825 bits per heavy atom. The summed E-state index contributed by atoms with van der Waals surface area (Å²) in [6, 6.07) is 0. The van der Waals surface area contributed by atoms with Crippen molar-refractivity contribution in [1.82, 2.24) is 0 Å². The van der Waals surface area contributed by atoms with Crippen LogP contribution >= 0.6 is 0 Å². The molecule has 0 bridgehead atoms. The monoisotopic (exact) mass is 866 g/mol. The van der Waals surface area contributed by atoms with E-state index in [0.29, 0.717) is 25.7 Å². The first kappa shape index (κ1) is 59.8. The minimum Gasteiger partial charge on any atom is -0.747 e. The summed E-state index contributed by atoms with van der Waals surface area (Å²) in [5.74, 6) is -4.07. The summed E-state index contributed by atoms with van der Waals surface area (Å²) in [4.78, 5) is 47.4. The molecule has 0 rings (SSSR count). The number of rotatable bonds is 36. The van der Waals surface area contributed by atoms with Gasteiger partial charge in [0.05, 0.1) is 39.3 Å². The van der Waals surface area contributed by atoms with Gasteiger partial charge in [0.15, 0.2) is 10.5 Å². The Labute approximate surface area is 361 Å². The number of unbranched alkanes of at least 4 members (excludes halogenated alkanes) is 20. The fourth-order valence-corrected chi connectivity index (χ4v) is 6.75. The summed E-state index contributed by atoms with van der Waals surface area (Å²) in [5, 5.41) is -4.07. The van der Waals surface area contributed by atoms with Crippen molar-refractivity contribution in [3.8, 4) is 0 Å². The van der Waals surface area contributed by atoms with Crippen LogP contribution < -0.4 is 0 Å². The number of esters is 4. The number of ether oxygens (including phenoxy) is 4. The average molecular weight is 867 g/mol. The molecule has 0 aromatic heterocycles. The van der Waals surface area contributed by atoms with Crippen molar-refractivity contribution in [1.29, 1.82) is 0 Å². The SMILES string of the molecule is CCCCCCCCOC(=O)CC(C(=O)OCCCCCCCC)S(=O)(=O)[O-].CCCCCCCCOC(=O)CC(C(=O)OCCCCCCCC)S(=O)(=O)[O-].[Mg+2]. The molecule has 2 unspecified atom stereocenters. The van der Waals surface area contributed by atoms with E-state index in [1.54, 1.807) is 0 Å². The van der Waals surface area contributed by atoms with Gasteiger partial charge in [-0.15, -0.1) is 0 Å². The first-order valence-corrected chi connectivity index (χ1v) is 24.1. The van der Waals surface area contributed by atoms with Gasteiger partial charge in [-0.25, -0.2) is 16.8 Å². The van der Waals surface area contributed by atoms with Crippen molar-refractivity contribution >= 4 is 67.2 Å². The minimum atomic E-state index is -4.98. The molecule has 17 heteroatoms. The first-order chi connectivity index (χ1) is 26.6. The summed E-state index contributed by atoms with van der Waals surface area (Å²) in [6.07, 6.45) is 22.3. The molecule has 332 valence electrons. The predicted octanol–water partition coefficient (Wildman–Crippen LogP) is 7.81. The largest absolute Gasteiger partial charge is 2.00 e. The van der Waals surface area contributed by atoms with Crippen LogP contribution in [-0.2, 0) is 58.4 Å². The van der Waals surface area contributed by atoms with E-state index in [0.717, 1.165) is 116 Å². The average Bonchev–Trinajstić information content (AvgIpc) is 3.13. The van der Waals surface area contributed by atoms with E-state index in [4.69, 9.17) is 18.9 Å². The standard InChI is InChI=1S/2C20H38O7S.Mg/c2*1-3-5-7-9-11-13-15-26-19(21)17-18(28(23,24)25)20(22)27-16-14-12-10-8-6-4-2;/h2*18H,3-17H2,1-2H3,(H,23,24,25);/q;;+2/p-2. The van der Waals surface area contributed by atoms with Gasteiger partial charge in [0.25, 0.3) is 0 Å². The Balaban J connectivity index is -0.00000101. The van der Waals surface area contributed by atoms with E-state index < -0.39 is 67.5 Å². The maximum atomic E-state index is 11.9. The smallest absolute Gasteiger partial charge is 0.747 e. The Hall–Kier alpha value is -1.53.